The summed E-state index contributed by atoms with van der Waals surface area (Å²) >= 11 is 0. The van der Waals surface area contributed by atoms with Gasteiger partial charge in [0.1, 0.15) is 36.0 Å². The van der Waals surface area contributed by atoms with Gasteiger partial charge in [0.15, 0.2) is 6.04 Å². The molecular formula is C40H55N8O8+. The monoisotopic (exact) mass is 775 g/mol. The summed E-state index contributed by atoms with van der Waals surface area (Å²) in [5.74, 6) is -4.57. The molecule has 302 valence electrons. The maximum Gasteiger partial charge on any atom is 0.326 e. The number of aromatic amines is 1. The molecule has 0 unspecified atom stereocenters. The summed E-state index contributed by atoms with van der Waals surface area (Å²) in [5, 5.41) is 30.7. The number of nitrogens with zero attached hydrogens (tertiary/aromatic N) is 2. The highest BCUT2D eigenvalue weighted by Crippen LogP contribution is 2.21. The molecule has 1 aromatic heterocycles. The number of amides is 5. The Hall–Kier alpha value is -5.77. The zero-order valence-corrected chi connectivity index (χ0v) is 32.4. The van der Waals surface area contributed by atoms with E-state index in [0.717, 1.165) is 5.56 Å². The van der Waals surface area contributed by atoms with Gasteiger partial charge in [-0.1, -0.05) is 76.6 Å². The summed E-state index contributed by atoms with van der Waals surface area (Å²) in [5.41, 5.74) is 5.84. The van der Waals surface area contributed by atoms with Crippen LogP contribution in [0, 0.1) is 11.8 Å². The average Bonchev–Trinajstić information content (AvgIpc) is 3.89. The number of H-pyrrole nitrogens is 1. The van der Waals surface area contributed by atoms with Crippen molar-refractivity contribution < 1.29 is 44.7 Å². The van der Waals surface area contributed by atoms with Crippen molar-refractivity contribution in [2.75, 3.05) is 6.54 Å². The van der Waals surface area contributed by atoms with Crippen molar-refractivity contribution in [3.63, 3.8) is 0 Å². The van der Waals surface area contributed by atoms with Gasteiger partial charge in [-0.15, -0.1) is 0 Å². The lowest BCUT2D eigenvalue weighted by Crippen LogP contribution is -2.71. The highest BCUT2D eigenvalue weighted by molar-refractivity contribution is 5.96. The number of phenolic OH excluding ortho intramolecular Hbond substituents is 1. The van der Waals surface area contributed by atoms with Crippen molar-refractivity contribution in [3.05, 3.63) is 83.9 Å². The van der Waals surface area contributed by atoms with Gasteiger partial charge in [0.2, 0.25) is 23.6 Å². The summed E-state index contributed by atoms with van der Waals surface area (Å²) in [6.45, 7) is 7.52. The van der Waals surface area contributed by atoms with Gasteiger partial charge in [0.25, 0.3) is 5.91 Å². The molecule has 4 rings (SSSR count). The van der Waals surface area contributed by atoms with Crippen molar-refractivity contribution in [1.29, 1.82) is 0 Å². The molecular weight excluding hydrogens is 720 g/mol. The molecule has 7 atom stereocenters. The number of carboxylic acids is 1. The first-order valence-electron chi connectivity index (χ1n) is 19.0. The fraction of sp³-hybridized carbons (Fsp3) is 0.475. The third-order valence-electron chi connectivity index (χ3n) is 10.3. The van der Waals surface area contributed by atoms with Crippen LogP contribution in [0.3, 0.4) is 0 Å². The standard InChI is InChI=1S/C40H54N8O8/c1-5-24(4)34(47-35(50)29(44-37(52)33(41)23(2)3)18-26-13-15-28(49)16-14-26)38(53)45-30(20-27-21-42-22-43-27)39(54)48-17-9-12-32(48)36(51)46-31(40(55)56)19-25-10-7-6-8-11-25/h6-8,10-11,13-16,21-24,29-34,49H,5,9,12,17-20,41H2,1-4H3,(H,42,43)(H,44,52)(H,45,53)(H,46,51)(H,47,50)(H,55,56)/p+1/t24-,29-,30-,31-,32-,33-,34-/m0/s1. The number of aliphatic carboxylic acids is 1. The fourth-order valence-corrected chi connectivity index (χ4v) is 6.51. The molecule has 1 aliphatic rings. The Morgan fingerprint density at radius 1 is 0.839 bits per heavy atom. The molecule has 16 nitrogen and oxygen atoms in total. The Labute approximate surface area is 326 Å². The average molecular weight is 776 g/mol. The van der Waals surface area contributed by atoms with E-state index in [4.69, 9.17) is 0 Å². The zero-order chi connectivity index (χ0) is 40.9. The van der Waals surface area contributed by atoms with Crippen LogP contribution >= 0.6 is 0 Å². The molecule has 0 spiro atoms. The predicted octanol–water partition coefficient (Wildman–Crippen LogP) is 0.471. The van der Waals surface area contributed by atoms with Crippen LogP contribution in [0.1, 0.15) is 63.8 Å². The molecule has 0 radical (unpaired) electrons. The van der Waals surface area contributed by atoms with E-state index in [1.54, 1.807) is 49.4 Å². The third-order valence-corrected chi connectivity index (χ3v) is 10.3. The molecule has 10 N–H and O–H groups in total. The van der Waals surface area contributed by atoms with Crippen LogP contribution in [-0.4, -0.2) is 103 Å². The predicted molar refractivity (Wildman–Crippen MR) is 205 cm³/mol. The smallest absolute Gasteiger partial charge is 0.326 e. The van der Waals surface area contributed by atoms with E-state index in [-0.39, 0.29) is 37.5 Å². The lowest BCUT2D eigenvalue weighted by molar-refractivity contribution is -0.414. The van der Waals surface area contributed by atoms with Gasteiger partial charge in [-0.3, -0.25) is 24.0 Å². The van der Waals surface area contributed by atoms with Crippen molar-refractivity contribution in [2.24, 2.45) is 11.8 Å². The van der Waals surface area contributed by atoms with E-state index in [1.807, 2.05) is 20.8 Å². The van der Waals surface area contributed by atoms with Gasteiger partial charge in [-0.25, -0.2) is 9.78 Å². The molecule has 0 saturated carbocycles. The molecule has 1 fully saturated rings. The van der Waals surface area contributed by atoms with Gasteiger partial charge in [0, 0.05) is 43.6 Å². The van der Waals surface area contributed by atoms with Crippen LogP contribution in [0.25, 0.3) is 0 Å². The minimum Gasteiger partial charge on any atom is -0.508 e. The van der Waals surface area contributed by atoms with Gasteiger partial charge >= 0.3 is 5.97 Å². The number of carboxylic acid groups (broad SMARTS) is 1. The molecule has 0 bridgehead atoms. The van der Waals surface area contributed by atoms with Crippen LogP contribution in [0.4, 0.5) is 0 Å². The highest BCUT2D eigenvalue weighted by Gasteiger charge is 2.40. The molecule has 5 amide bonds. The molecule has 1 aliphatic heterocycles. The van der Waals surface area contributed by atoms with E-state index in [0.29, 0.717) is 30.5 Å². The van der Waals surface area contributed by atoms with Crippen molar-refractivity contribution in [2.45, 2.75) is 102 Å². The van der Waals surface area contributed by atoms with Gasteiger partial charge in [0.05, 0.1) is 6.33 Å². The number of carbonyl (C=O) groups is 6. The molecule has 2 heterocycles. The Morgan fingerprint density at radius 3 is 2.09 bits per heavy atom. The summed E-state index contributed by atoms with van der Waals surface area (Å²) in [7, 11) is 0. The van der Waals surface area contributed by atoms with Crippen molar-refractivity contribution >= 4 is 35.5 Å². The molecule has 16 heteroatoms. The number of quaternary nitrogens is 1. The number of rotatable bonds is 19. The molecule has 3 aromatic rings. The first kappa shape index (κ1) is 43.0. The number of benzene rings is 2. The van der Waals surface area contributed by atoms with Crippen LogP contribution in [0.5, 0.6) is 5.75 Å². The first-order chi connectivity index (χ1) is 26.7. The quantitative estimate of drug-likeness (QED) is 0.0842. The van der Waals surface area contributed by atoms with Crippen molar-refractivity contribution in [3.8, 4) is 5.75 Å². The Morgan fingerprint density at radius 2 is 1.48 bits per heavy atom. The number of hydrogen-bond donors (Lipinski definition) is 8. The van der Waals surface area contributed by atoms with E-state index in [1.165, 1.54) is 29.6 Å². The van der Waals surface area contributed by atoms with E-state index < -0.39 is 77.7 Å². The van der Waals surface area contributed by atoms with Crippen molar-refractivity contribution in [1.82, 2.24) is 36.1 Å². The number of carbonyl (C=O) groups excluding carboxylic acids is 5. The second-order valence-electron chi connectivity index (χ2n) is 14.8. The minimum atomic E-state index is -1.23. The maximum atomic E-state index is 14.3. The van der Waals surface area contributed by atoms with E-state index in [2.05, 4.69) is 37.0 Å². The summed E-state index contributed by atoms with van der Waals surface area (Å²) in [6, 6.07) is 8.83. The van der Waals surface area contributed by atoms with Crippen LogP contribution in [0.15, 0.2) is 67.1 Å². The topological polar surface area (TPSA) is 251 Å². The maximum absolute atomic E-state index is 14.3. The largest absolute Gasteiger partial charge is 0.508 e. The number of imidazole rings is 1. The molecule has 0 aliphatic carbocycles. The Kier molecular flexibility index (Phi) is 15.5. The highest BCUT2D eigenvalue weighted by atomic mass is 16.4. The number of aromatic nitrogens is 2. The number of aromatic hydroxyl groups is 1. The number of phenols is 1. The fourth-order valence-electron chi connectivity index (χ4n) is 6.51. The van der Waals surface area contributed by atoms with Gasteiger partial charge < -0.3 is 47.1 Å². The van der Waals surface area contributed by atoms with Crippen LogP contribution in [0.2, 0.25) is 0 Å². The van der Waals surface area contributed by atoms with Gasteiger partial charge in [-0.05, 0) is 42.0 Å². The summed E-state index contributed by atoms with van der Waals surface area (Å²) < 4.78 is 0. The summed E-state index contributed by atoms with van der Waals surface area (Å²) in [6.07, 6.45) is 4.30. The third kappa shape index (κ3) is 11.9. The van der Waals surface area contributed by atoms with E-state index in [9.17, 15) is 39.0 Å². The first-order valence-corrected chi connectivity index (χ1v) is 19.0. The number of nitrogens with one attached hydrogen (secondary N) is 5. The zero-order valence-electron chi connectivity index (χ0n) is 32.4. The Balaban J connectivity index is 1.55. The molecule has 1 saturated heterocycles. The van der Waals surface area contributed by atoms with Crippen LogP contribution < -0.4 is 27.0 Å². The van der Waals surface area contributed by atoms with Gasteiger partial charge in [-0.2, -0.15) is 0 Å². The van der Waals surface area contributed by atoms with Crippen LogP contribution in [-0.2, 0) is 48.0 Å². The number of hydrogen-bond acceptors (Lipinski definition) is 8. The Bertz CT molecular complexity index is 1790. The number of likely N-dealkylation sites (tertiary alicyclic amines) is 1. The lowest BCUT2D eigenvalue weighted by Gasteiger charge is -2.31. The second-order valence-corrected chi connectivity index (χ2v) is 14.8. The SMILES string of the molecule is CC[C@H](C)[C@H](NC(=O)[C@H](Cc1ccc(O)cc1)NC(=O)[C@@H]([NH3+])C(C)C)C(=O)N[C@@H](Cc1cnc[nH]1)C(=O)N1CCC[C@H]1C(=O)N[C@@H](Cc1ccccc1)C(=O)O. The summed E-state index contributed by atoms with van der Waals surface area (Å²) in [4.78, 5) is 89.7. The molecule has 2 aromatic carbocycles. The second kappa shape index (κ2) is 20.2. The van der Waals surface area contributed by atoms with E-state index >= 15 is 0 Å². The minimum absolute atomic E-state index is 0.0119. The normalized spacial score (nSPS) is 17.2. The molecule has 56 heavy (non-hydrogen) atoms. The lowest BCUT2D eigenvalue weighted by atomic mass is 9.96.